The highest BCUT2D eigenvalue weighted by Crippen LogP contribution is 2.40. The van der Waals surface area contributed by atoms with E-state index in [9.17, 15) is 10.1 Å². The molecule has 0 bridgehead atoms. The SMILES string of the molecule is C[Si](C)OCc1c(C(C)(C)C)c(C(C)(C)C)cn(C2=CC(C)(C)Oc3ccc(C#N)cc32)c1=O. The molecule has 0 fully saturated rings. The van der Waals surface area contributed by atoms with Gasteiger partial charge in [-0.3, -0.25) is 9.36 Å². The molecule has 1 aromatic heterocycles. The fourth-order valence-corrected chi connectivity index (χ4v) is 4.86. The number of benzene rings is 1. The zero-order chi connectivity index (χ0) is 25.6. The molecule has 1 aliphatic rings. The van der Waals surface area contributed by atoms with Crippen LogP contribution in [0.15, 0.2) is 35.3 Å². The van der Waals surface area contributed by atoms with Gasteiger partial charge in [-0.05, 0) is 73.2 Å². The number of fused-ring (bicyclic) bond motifs is 1. The van der Waals surface area contributed by atoms with Crippen molar-refractivity contribution in [1.29, 1.82) is 5.26 Å². The molecule has 0 spiro atoms. The summed E-state index contributed by atoms with van der Waals surface area (Å²) in [5.41, 5.74) is 3.75. The third-order valence-electron chi connectivity index (χ3n) is 5.87. The van der Waals surface area contributed by atoms with Crippen molar-refractivity contribution >= 4 is 14.7 Å². The van der Waals surface area contributed by atoms with E-state index < -0.39 is 14.6 Å². The van der Waals surface area contributed by atoms with Crippen LogP contribution in [0.2, 0.25) is 13.1 Å². The maximum absolute atomic E-state index is 14.2. The topological polar surface area (TPSA) is 64.2 Å². The molecule has 3 rings (SSSR count). The van der Waals surface area contributed by atoms with Gasteiger partial charge in [0.25, 0.3) is 5.56 Å². The van der Waals surface area contributed by atoms with Crippen LogP contribution >= 0.6 is 0 Å². The van der Waals surface area contributed by atoms with Crippen LogP contribution in [0.25, 0.3) is 5.70 Å². The first-order valence-corrected chi connectivity index (χ1v) is 14.2. The van der Waals surface area contributed by atoms with E-state index in [-0.39, 0.29) is 23.0 Å². The number of hydrogen-bond acceptors (Lipinski definition) is 4. The number of rotatable bonds is 4. The van der Waals surface area contributed by atoms with Gasteiger partial charge >= 0.3 is 0 Å². The monoisotopic (exact) mass is 477 g/mol. The van der Waals surface area contributed by atoms with Gasteiger partial charge in [-0.15, -0.1) is 0 Å². The van der Waals surface area contributed by atoms with Gasteiger partial charge in [-0.1, -0.05) is 41.5 Å². The first-order chi connectivity index (χ1) is 15.5. The largest absolute Gasteiger partial charge is 0.483 e. The molecule has 1 radical (unpaired) electrons. The summed E-state index contributed by atoms with van der Waals surface area (Å²) in [5, 5.41) is 9.50. The zero-order valence-corrected chi connectivity index (χ0v) is 23.2. The predicted octanol–water partition coefficient (Wildman–Crippen LogP) is 6.14. The molecular formula is C28H37N2O3Si. The molecule has 0 unspecified atom stereocenters. The summed E-state index contributed by atoms with van der Waals surface area (Å²) < 4.78 is 14.0. The minimum absolute atomic E-state index is 0.0848. The number of nitrogens with zero attached hydrogens (tertiary/aromatic N) is 2. The summed E-state index contributed by atoms with van der Waals surface area (Å²) in [5.74, 6) is 0.663. The van der Waals surface area contributed by atoms with E-state index in [1.165, 1.54) is 0 Å². The summed E-state index contributed by atoms with van der Waals surface area (Å²) in [7, 11) is -0.989. The lowest BCUT2D eigenvalue weighted by atomic mass is 9.74. The Bertz CT molecular complexity index is 1230. The number of ether oxygens (including phenoxy) is 1. The van der Waals surface area contributed by atoms with E-state index >= 15 is 0 Å². The second-order valence-corrected chi connectivity index (χ2v) is 13.9. The van der Waals surface area contributed by atoms with Crippen LogP contribution in [-0.2, 0) is 21.9 Å². The maximum Gasteiger partial charge on any atom is 0.260 e. The van der Waals surface area contributed by atoms with E-state index in [0.717, 1.165) is 22.4 Å². The Balaban J connectivity index is 2.44. The van der Waals surface area contributed by atoms with E-state index in [1.807, 2.05) is 32.2 Å². The second-order valence-electron chi connectivity index (χ2n) is 11.8. The summed E-state index contributed by atoms with van der Waals surface area (Å²) >= 11 is 0. The fourth-order valence-electron chi connectivity index (χ4n) is 4.43. The minimum Gasteiger partial charge on any atom is -0.483 e. The second kappa shape index (κ2) is 8.87. The van der Waals surface area contributed by atoms with Gasteiger partial charge in [-0.25, -0.2) is 0 Å². The fraction of sp³-hybridized carbons (Fsp3) is 0.500. The molecule has 1 aliphatic heterocycles. The molecule has 0 saturated heterocycles. The standard InChI is InChI=1S/C28H37N2O3Si/c1-26(2,3)21-16-30(25(31)20(17-32-34(9)10)24(21)27(4,5)6)22-14-28(7,8)33-23-12-11-18(15-29)13-19(22)23/h11-14,16H,17H2,1-10H3. The number of aromatic nitrogens is 1. The molecule has 181 valence electrons. The predicted molar refractivity (Wildman–Crippen MR) is 140 cm³/mol. The van der Waals surface area contributed by atoms with Gasteiger partial charge in [-0.2, -0.15) is 5.26 Å². The number of hydrogen-bond donors (Lipinski definition) is 0. The highest BCUT2D eigenvalue weighted by atomic mass is 28.3. The smallest absolute Gasteiger partial charge is 0.260 e. The van der Waals surface area contributed by atoms with E-state index in [0.29, 0.717) is 16.9 Å². The van der Waals surface area contributed by atoms with Crippen molar-refractivity contribution in [3.8, 4) is 11.8 Å². The van der Waals surface area contributed by atoms with Crippen LogP contribution in [-0.4, -0.2) is 19.2 Å². The summed E-state index contributed by atoms with van der Waals surface area (Å²) in [6.07, 6.45) is 3.97. The Hall–Kier alpha value is -2.62. The average molecular weight is 478 g/mol. The van der Waals surface area contributed by atoms with E-state index in [4.69, 9.17) is 9.16 Å². The first-order valence-electron chi connectivity index (χ1n) is 11.7. The third kappa shape index (κ3) is 5.21. The van der Waals surface area contributed by atoms with E-state index in [1.54, 1.807) is 16.7 Å². The van der Waals surface area contributed by atoms with Crippen LogP contribution in [0, 0.1) is 11.3 Å². The van der Waals surface area contributed by atoms with Crippen molar-refractivity contribution < 1.29 is 9.16 Å². The number of pyridine rings is 1. The Labute approximate surface area is 205 Å². The van der Waals surface area contributed by atoms with Crippen LogP contribution in [0.4, 0.5) is 0 Å². The molecule has 0 saturated carbocycles. The van der Waals surface area contributed by atoms with Gasteiger partial charge in [0.15, 0.2) is 0 Å². The van der Waals surface area contributed by atoms with Crippen LogP contribution in [0.5, 0.6) is 5.75 Å². The van der Waals surface area contributed by atoms with Gasteiger partial charge in [0.2, 0.25) is 9.04 Å². The lowest BCUT2D eigenvalue weighted by Crippen LogP contribution is -2.37. The minimum atomic E-state index is -0.989. The Kier molecular flexibility index (Phi) is 6.78. The van der Waals surface area contributed by atoms with Crippen molar-refractivity contribution in [2.75, 3.05) is 0 Å². The third-order valence-corrected chi connectivity index (χ3v) is 6.59. The van der Waals surface area contributed by atoms with Crippen molar-refractivity contribution in [2.45, 2.75) is 91.5 Å². The van der Waals surface area contributed by atoms with Crippen molar-refractivity contribution in [1.82, 2.24) is 4.57 Å². The molecule has 0 amide bonds. The summed E-state index contributed by atoms with van der Waals surface area (Å²) in [6.45, 7) is 21.4. The van der Waals surface area contributed by atoms with Crippen LogP contribution < -0.4 is 10.3 Å². The number of nitriles is 1. The highest BCUT2D eigenvalue weighted by Gasteiger charge is 2.34. The average Bonchev–Trinajstić information content (AvgIpc) is 2.69. The molecule has 0 N–H and O–H groups in total. The quantitative estimate of drug-likeness (QED) is 0.496. The molecule has 2 aromatic rings. The van der Waals surface area contributed by atoms with Gasteiger partial charge in [0.1, 0.15) is 11.4 Å². The Morgan fingerprint density at radius 2 is 1.76 bits per heavy atom. The van der Waals surface area contributed by atoms with Gasteiger partial charge < -0.3 is 9.16 Å². The maximum atomic E-state index is 14.2. The zero-order valence-electron chi connectivity index (χ0n) is 22.2. The van der Waals surface area contributed by atoms with Gasteiger partial charge in [0, 0.05) is 17.3 Å². The summed E-state index contributed by atoms with van der Waals surface area (Å²) in [6, 6.07) is 7.56. The Morgan fingerprint density at radius 3 is 2.29 bits per heavy atom. The Morgan fingerprint density at radius 1 is 1.12 bits per heavy atom. The first kappa shape index (κ1) is 26.0. The molecule has 5 nitrogen and oxygen atoms in total. The normalized spacial score (nSPS) is 15.4. The molecule has 34 heavy (non-hydrogen) atoms. The molecular weight excluding hydrogens is 440 g/mol. The molecule has 0 atom stereocenters. The van der Waals surface area contributed by atoms with Crippen molar-refractivity contribution in [3.63, 3.8) is 0 Å². The lowest BCUT2D eigenvalue weighted by Gasteiger charge is -2.35. The van der Waals surface area contributed by atoms with Crippen LogP contribution in [0.1, 0.15) is 83.2 Å². The molecule has 6 heteroatoms. The lowest BCUT2D eigenvalue weighted by molar-refractivity contribution is 0.157. The van der Waals surface area contributed by atoms with Crippen molar-refractivity contribution in [2.24, 2.45) is 0 Å². The van der Waals surface area contributed by atoms with Crippen molar-refractivity contribution in [3.05, 3.63) is 68.6 Å². The van der Waals surface area contributed by atoms with Crippen LogP contribution in [0.3, 0.4) is 0 Å². The van der Waals surface area contributed by atoms with E-state index in [2.05, 4.69) is 60.7 Å². The highest BCUT2D eigenvalue weighted by molar-refractivity contribution is 6.48. The van der Waals surface area contributed by atoms with Gasteiger partial charge in [0.05, 0.1) is 23.9 Å². The molecule has 0 aliphatic carbocycles. The summed E-state index contributed by atoms with van der Waals surface area (Å²) in [4.78, 5) is 14.2. The molecule has 1 aromatic carbocycles. The molecule has 2 heterocycles.